The first-order valence-electron chi connectivity index (χ1n) is 20.2. The van der Waals surface area contributed by atoms with Crippen LogP contribution in [-0.2, 0) is 24.0 Å². The van der Waals surface area contributed by atoms with E-state index in [0.29, 0.717) is 51.2 Å². The number of phenols is 2. The summed E-state index contributed by atoms with van der Waals surface area (Å²) in [6.07, 6.45) is 7.11. The van der Waals surface area contributed by atoms with E-state index in [9.17, 15) is 20.4 Å². The summed E-state index contributed by atoms with van der Waals surface area (Å²) in [7, 11) is 3.38. The van der Waals surface area contributed by atoms with Crippen LogP contribution >= 0.6 is 0 Å². The summed E-state index contributed by atoms with van der Waals surface area (Å²) in [5, 5.41) is 53.5. The van der Waals surface area contributed by atoms with Crippen molar-refractivity contribution in [3.05, 3.63) is 106 Å². The molecule has 4 aromatic carbocycles. The van der Waals surface area contributed by atoms with Gasteiger partial charge in [0.2, 0.25) is 0 Å². The van der Waals surface area contributed by atoms with Crippen molar-refractivity contribution in [2.45, 2.75) is 68.4 Å². The molecule has 0 bridgehead atoms. The highest BCUT2D eigenvalue weighted by Crippen LogP contribution is 2.60. The Balaban J connectivity index is 1.25. The Hall–Kier alpha value is -5.08. The second-order valence-electron chi connectivity index (χ2n) is 16.1. The molecule has 58 heavy (non-hydrogen) atoms. The number of fused-ring (bicyclic) bond motifs is 8. The van der Waals surface area contributed by atoms with Crippen LogP contribution in [0, 0.1) is 0 Å². The quantitative estimate of drug-likeness (QED) is 0.0559. The first-order chi connectivity index (χ1) is 28.2. The maximum Gasteiger partial charge on any atom is 0.160 e. The highest BCUT2D eigenvalue weighted by molar-refractivity contribution is 5.89. The standard InChI is InChI=1S/C46H52N4O8/c1-25(52)20-48-23-49-22-46(56-24-47-2)19-36-35-18-34-30(26-4-11-37-27(16-26)14-15-50-37)8-9-31-38(53)13-10-32(41(31)34)42(35)44-33(7-6-29(21-51)57-44)43(36)58-45(46)28-5-12-39(54)40(17-28)55-3/h4-5,8-17,25,29-30,34,45,47-54H,6-7,18-24H2,1-3H3/t25-,29+,30+,34-,45+,46-/m0/s1. The van der Waals surface area contributed by atoms with Crippen LogP contribution in [0.1, 0.15) is 70.2 Å². The van der Waals surface area contributed by atoms with Gasteiger partial charge in [0.1, 0.15) is 29.0 Å². The van der Waals surface area contributed by atoms with Crippen molar-refractivity contribution in [2.75, 3.05) is 47.3 Å². The number of hydrogen-bond donors (Lipinski definition) is 8. The van der Waals surface area contributed by atoms with Gasteiger partial charge in [-0.2, -0.15) is 0 Å². The molecule has 0 spiro atoms. The third-order valence-electron chi connectivity index (χ3n) is 12.4. The van der Waals surface area contributed by atoms with Crippen molar-refractivity contribution in [3.8, 4) is 39.9 Å². The van der Waals surface area contributed by atoms with Crippen molar-refractivity contribution in [2.24, 2.45) is 0 Å². The third kappa shape index (κ3) is 6.58. The first kappa shape index (κ1) is 38.4. The summed E-state index contributed by atoms with van der Waals surface area (Å²) in [4.78, 5) is 3.32. The number of hydrogen-bond acceptors (Lipinski definition) is 11. The molecule has 12 heteroatoms. The summed E-state index contributed by atoms with van der Waals surface area (Å²) >= 11 is 0. The zero-order valence-corrected chi connectivity index (χ0v) is 33.1. The number of allylic oxidation sites excluding steroid dienone is 1. The lowest BCUT2D eigenvalue weighted by atomic mass is 9.64. The molecule has 0 radical (unpaired) electrons. The molecular formula is C46H52N4O8. The number of ether oxygens (including phenoxy) is 4. The Morgan fingerprint density at radius 3 is 2.62 bits per heavy atom. The van der Waals surface area contributed by atoms with Gasteiger partial charge < -0.3 is 55.0 Å². The van der Waals surface area contributed by atoms with E-state index in [-0.39, 0.29) is 42.8 Å². The smallest absolute Gasteiger partial charge is 0.160 e. The minimum absolute atomic E-state index is 0.0140. The monoisotopic (exact) mass is 788 g/mol. The Morgan fingerprint density at radius 1 is 0.966 bits per heavy atom. The fourth-order valence-electron chi connectivity index (χ4n) is 9.76. The lowest BCUT2D eigenvalue weighted by Crippen LogP contribution is -2.56. The predicted molar refractivity (Wildman–Crippen MR) is 222 cm³/mol. The fourth-order valence-corrected chi connectivity index (χ4v) is 9.76. The summed E-state index contributed by atoms with van der Waals surface area (Å²) in [5.74, 6) is 2.08. The van der Waals surface area contributed by atoms with E-state index < -0.39 is 17.8 Å². The second-order valence-corrected chi connectivity index (χ2v) is 16.1. The van der Waals surface area contributed by atoms with Crippen LogP contribution in [0.25, 0.3) is 28.1 Å². The maximum absolute atomic E-state index is 11.3. The Labute approximate surface area is 337 Å². The van der Waals surface area contributed by atoms with Crippen LogP contribution in [0.2, 0.25) is 0 Å². The van der Waals surface area contributed by atoms with E-state index in [1.54, 1.807) is 19.1 Å². The molecule has 0 amide bonds. The van der Waals surface area contributed by atoms with E-state index >= 15 is 0 Å². The number of benzene rings is 4. The highest BCUT2D eigenvalue weighted by Gasteiger charge is 2.51. The highest BCUT2D eigenvalue weighted by atomic mass is 16.6. The van der Waals surface area contributed by atoms with Gasteiger partial charge in [0.05, 0.1) is 26.6 Å². The Morgan fingerprint density at radius 2 is 1.81 bits per heavy atom. The number of aliphatic hydroxyl groups excluding tert-OH is 2. The van der Waals surface area contributed by atoms with Crippen molar-refractivity contribution in [3.63, 3.8) is 0 Å². The van der Waals surface area contributed by atoms with Gasteiger partial charge in [0.25, 0.3) is 0 Å². The van der Waals surface area contributed by atoms with E-state index in [4.69, 9.17) is 18.9 Å². The normalized spacial score (nSPS) is 23.3. The van der Waals surface area contributed by atoms with Crippen molar-refractivity contribution in [1.29, 1.82) is 0 Å². The molecule has 0 saturated heterocycles. The molecule has 2 aliphatic carbocycles. The molecule has 304 valence electrons. The van der Waals surface area contributed by atoms with Gasteiger partial charge in [-0.1, -0.05) is 30.4 Å². The molecule has 0 saturated carbocycles. The average Bonchev–Trinajstić information content (AvgIpc) is 3.72. The van der Waals surface area contributed by atoms with E-state index in [1.807, 2.05) is 31.4 Å². The molecular weight excluding hydrogens is 737 g/mol. The number of aromatic nitrogens is 1. The van der Waals surface area contributed by atoms with Crippen LogP contribution in [0.3, 0.4) is 0 Å². The van der Waals surface area contributed by atoms with Crippen molar-refractivity contribution >= 4 is 17.0 Å². The van der Waals surface area contributed by atoms with Gasteiger partial charge in [0.15, 0.2) is 17.6 Å². The number of aromatic hydroxyl groups is 2. The average molecular weight is 789 g/mol. The fraction of sp³-hybridized carbons (Fsp3) is 0.391. The summed E-state index contributed by atoms with van der Waals surface area (Å²) < 4.78 is 26.7. The largest absolute Gasteiger partial charge is 0.507 e. The van der Waals surface area contributed by atoms with Crippen LogP contribution < -0.4 is 30.2 Å². The van der Waals surface area contributed by atoms with Gasteiger partial charge in [-0.15, -0.1) is 0 Å². The number of methoxy groups -OCH3 is 1. The zero-order chi connectivity index (χ0) is 40.1. The Bertz CT molecular complexity index is 2370. The molecule has 4 aliphatic rings. The molecule has 1 aromatic heterocycles. The van der Waals surface area contributed by atoms with Gasteiger partial charge in [-0.3, -0.25) is 5.32 Å². The minimum Gasteiger partial charge on any atom is -0.507 e. The van der Waals surface area contributed by atoms with Gasteiger partial charge in [-0.05, 0) is 109 Å². The first-order valence-corrected chi connectivity index (χ1v) is 20.2. The molecule has 8 N–H and O–H groups in total. The van der Waals surface area contributed by atoms with Crippen LogP contribution in [-0.4, -0.2) is 90.5 Å². The SMILES string of the molecule is CNCO[C@]1(CNCNC[C@H](C)O)Cc2c3c(c4c(c2O[C@@H]1c1ccc(O)c(OC)c1)CC[C@H](CO)O4)-c1ccc(O)c2c1[C@@H](C3)[C@@H](c1ccc3[nH]ccc3c1)C=C2. The molecule has 2 aliphatic heterocycles. The van der Waals surface area contributed by atoms with E-state index in [2.05, 4.69) is 57.4 Å². The Kier molecular flexibility index (Phi) is 10.3. The number of nitrogens with one attached hydrogen (secondary N) is 4. The molecule has 9 rings (SSSR count). The lowest BCUT2D eigenvalue weighted by molar-refractivity contribution is -0.129. The minimum atomic E-state index is -0.971. The molecule has 0 unspecified atom stereocenters. The summed E-state index contributed by atoms with van der Waals surface area (Å²) in [6.45, 7) is 3.10. The topological polar surface area (TPSA) is 170 Å². The number of aromatic amines is 1. The summed E-state index contributed by atoms with van der Waals surface area (Å²) in [6, 6.07) is 17.8. The number of aliphatic hydroxyl groups is 2. The van der Waals surface area contributed by atoms with Crippen LogP contribution in [0.5, 0.6) is 28.7 Å². The molecule has 0 fully saturated rings. The number of phenolic OH excluding ortho intramolecular Hbond substituents is 2. The van der Waals surface area contributed by atoms with E-state index in [1.165, 1.54) is 12.7 Å². The number of H-pyrrole nitrogens is 1. The molecule has 5 aromatic rings. The lowest BCUT2D eigenvalue weighted by Gasteiger charge is -2.48. The van der Waals surface area contributed by atoms with Gasteiger partial charge in [0, 0.05) is 66.1 Å². The van der Waals surface area contributed by atoms with E-state index in [0.717, 1.165) is 66.9 Å². The van der Waals surface area contributed by atoms with Crippen molar-refractivity contribution in [1.82, 2.24) is 20.9 Å². The molecule has 3 heterocycles. The van der Waals surface area contributed by atoms with Gasteiger partial charge in [-0.25, -0.2) is 0 Å². The number of rotatable bonds is 13. The predicted octanol–water partition coefficient (Wildman–Crippen LogP) is 5.52. The second kappa shape index (κ2) is 15.6. The zero-order valence-electron chi connectivity index (χ0n) is 33.1. The summed E-state index contributed by atoms with van der Waals surface area (Å²) in [5.41, 5.74) is 9.10. The van der Waals surface area contributed by atoms with Crippen LogP contribution in [0.15, 0.2) is 66.9 Å². The third-order valence-corrected chi connectivity index (χ3v) is 12.4. The molecule has 12 nitrogen and oxygen atoms in total. The van der Waals surface area contributed by atoms with Crippen LogP contribution in [0.4, 0.5) is 0 Å². The molecule has 6 atom stereocenters. The van der Waals surface area contributed by atoms with Crippen molar-refractivity contribution < 1.29 is 39.4 Å². The van der Waals surface area contributed by atoms with Gasteiger partial charge >= 0.3 is 0 Å². The maximum atomic E-state index is 11.3.